The van der Waals surface area contributed by atoms with Crippen LogP contribution in [0.5, 0.6) is 0 Å². The minimum atomic E-state index is -1.05. The first kappa shape index (κ1) is 27.3. The van der Waals surface area contributed by atoms with Gasteiger partial charge in [-0.15, -0.1) is 11.3 Å². The Bertz CT molecular complexity index is 1370. The van der Waals surface area contributed by atoms with Gasteiger partial charge in [0, 0.05) is 50.1 Å². The Morgan fingerprint density at radius 3 is 2.48 bits per heavy atom. The molecule has 1 aliphatic carbocycles. The molecule has 1 atom stereocenters. The third-order valence-electron chi connectivity index (χ3n) is 7.40. The highest BCUT2D eigenvalue weighted by molar-refractivity contribution is 7.12. The highest BCUT2D eigenvalue weighted by Gasteiger charge is 2.29. The fourth-order valence-electron chi connectivity index (χ4n) is 4.92. The van der Waals surface area contributed by atoms with E-state index in [1.54, 1.807) is 36.5 Å². The second-order valence-corrected chi connectivity index (χ2v) is 11.0. The number of carboxylic acids is 1. The topological polar surface area (TPSA) is 132 Å². The highest BCUT2D eigenvalue weighted by Crippen LogP contribution is 2.32. The molecule has 1 aliphatic heterocycles. The van der Waals surface area contributed by atoms with Crippen molar-refractivity contribution in [3.8, 4) is 0 Å². The number of nitrogens with zero attached hydrogens (tertiary/aromatic N) is 3. The van der Waals surface area contributed by atoms with Crippen LogP contribution >= 0.6 is 11.3 Å². The van der Waals surface area contributed by atoms with Gasteiger partial charge in [-0.05, 0) is 54.1 Å². The van der Waals surface area contributed by atoms with Crippen molar-refractivity contribution < 1.29 is 24.3 Å². The molecule has 1 saturated heterocycles. The fraction of sp³-hybridized carbons (Fsp3) is 0.345. The lowest BCUT2D eigenvalue weighted by atomic mass is 9.85. The number of nitrogens with one attached hydrogen (secondary N) is 2. The van der Waals surface area contributed by atoms with E-state index in [2.05, 4.69) is 20.5 Å². The maximum atomic E-state index is 13.3. The lowest BCUT2D eigenvalue weighted by Gasteiger charge is -2.37. The van der Waals surface area contributed by atoms with Crippen LogP contribution in [0.4, 0.5) is 11.4 Å². The number of rotatable bonds is 9. The zero-order valence-electron chi connectivity index (χ0n) is 21.9. The summed E-state index contributed by atoms with van der Waals surface area (Å²) in [6, 6.07) is 11.5. The van der Waals surface area contributed by atoms with Gasteiger partial charge in [0.05, 0.1) is 28.7 Å². The molecule has 3 aromatic rings. The number of hydrogen-bond acceptors (Lipinski definition) is 7. The maximum Gasteiger partial charge on any atom is 0.305 e. The van der Waals surface area contributed by atoms with Crippen molar-refractivity contribution in [3.05, 3.63) is 76.2 Å². The normalized spacial score (nSPS) is 16.1. The quantitative estimate of drug-likeness (QED) is 0.362. The highest BCUT2D eigenvalue weighted by atomic mass is 32.1. The molecule has 1 aromatic carbocycles. The molecule has 2 aromatic heterocycles. The minimum absolute atomic E-state index is 0.0182. The molecular formula is C29H31N5O5S. The van der Waals surface area contributed by atoms with E-state index in [9.17, 15) is 24.3 Å². The summed E-state index contributed by atoms with van der Waals surface area (Å²) in [5.74, 6) is -1.60. The molecule has 10 nitrogen and oxygen atoms in total. The number of pyridine rings is 1. The van der Waals surface area contributed by atoms with E-state index in [4.69, 9.17) is 0 Å². The molecule has 11 heteroatoms. The van der Waals surface area contributed by atoms with Crippen molar-refractivity contribution in [3.63, 3.8) is 0 Å². The molecule has 0 spiro atoms. The summed E-state index contributed by atoms with van der Waals surface area (Å²) >= 11 is 1.43. The van der Waals surface area contributed by atoms with Gasteiger partial charge in [-0.2, -0.15) is 0 Å². The lowest BCUT2D eigenvalue weighted by Crippen LogP contribution is -2.49. The van der Waals surface area contributed by atoms with E-state index in [0.29, 0.717) is 47.9 Å². The Morgan fingerprint density at radius 1 is 1.05 bits per heavy atom. The summed E-state index contributed by atoms with van der Waals surface area (Å²) in [6.45, 7) is 2.24. The first-order valence-corrected chi connectivity index (χ1v) is 14.2. The van der Waals surface area contributed by atoms with E-state index in [-0.39, 0.29) is 24.2 Å². The summed E-state index contributed by atoms with van der Waals surface area (Å²) in [4.78, 5) is 59.1. The van der Waals surface area contributed by atoms with Crippen LogP contribution in [-0.2, 0) is 9.59 Å². The van der Waals surface area contributed by atoms with Crippen LogP contribution in [0.1, 0.15) is 57.3 Å². The van der Waals surface area contributed by atoms with Crippen LogP contribution in [0.3, 0.4) is 0 Å². The van der Waals surface area contributed by atoms with Crippen molar-refractivity contribution in [2.24, 2.45) is 5.92 Å². The smallest absolute Gasteiger partial charge is 0.305 e. The van der Waals surface area contributed by atoms with E-state index >= 15 is 0 Å². The van der Waals surface area contributed by atoms with Crippen LogP contribution in [0.15, 0.2) is 60.2 Å². The van der Waals surface area contributed by atoms with Gasteiger partial charge in [0.2, 0.25) is 5.91 Å². The summed E-state index contributed by atoms with van der Waals surface area (Å²) in [5.41, 5.74) is 2.20. The Kier molecular flexibility index (Phi) is 8.40. The largest absolute Gasteiger partial charge is 0.481 e. The van der Waals surface area contributed by atoms with Crippen LogP contribution < -0.4 is 15.5 Å². The van der Waals surface area contributed by atoms with Crippen molar-refractivity contribution in [1.29, 1.82) is 0 Å². The first-order chi connectivity index (χ1) is 19.4. The summed E-state index contributed by atoms with van der Waals surface area (Å²) < 4.78 is 0. The molecule has 0 radical (unpaired) electrons. The number of piperazine rings is 1. The molecule has 2 fully saturated rings. The number of carbonyl (C=O) groups is 4. The molecule has 1 saturated carbocycles. The Morgan fingerprint density at radius 2 is 1.85 bits per heavy atom. The number of aromatic nitrogens is 1. The van der Waals surface area contributed by atoms with Crippen molar-refractivity contribution >= 4 is 46.4 Å². The van der Waals surface area contributed by atoms with Gasteiger partial charge < -0.3 is 25.5 Å². The van der Waals surface area contributed by atoms with Gasteiger partial charge in [0.15, 0.2) is 0 Å². The number of anilines is 2. The van der Waals surface area contributed by atoms with E-state index in [1.807, 2.05) is 22.4 Å². The van der Waals surface area contributed by atoms with Gasteiger partial charge in [-0.3, -0.25) is 24.2 Å². The van der Waals surface area contributed by atoms with Crippen LogP contribution in [-0.4, -0.2) is 64.9 Å². The summed E-state index contributed by atoms with van der Waals surface area (Å²) in [5, 5.41) is 17.1. The maximum absolute atomic E-state index is 13.3. The number of benzene rings is 1. The number of carboxylic acid groups (broad SMARTS) is 1. The molecule has 40 heavy (non-hydrogen) atoms. The first-order valence-electron chi connectivity index (χ1n) is 13.3. The standard InChI is InChI=1S/C29H31N5O5S/c35-26(36)17-22(21-6-2-10-30-18-21)31-28(38)20-8-9-24(23(16-20)32-27(37)19-4-1-5-19)33-11-13-34(14-12-33)29(39)25-7-3-15-40-25/h2-3,6-10,15-16,18-19,22H,1,4-5,11-14,17H2,(H,31,38)(H,32,37)(H,35,36). The van der Waals surface area contributed by atoms with E-state index in [0.717, 1.165) is 24.9 Å². The van der Waals surface area contributed by atoms with Gasteiger partial charge in [-0.25, -0.2) is 0 Å². The monoisotopic (exact) mass is 561 g/mol. The van der Waals surface area contributed by atoms with Crippen LogP contribution in [0, 0.1) is 5.92 Å². The second-order valence-electron chi connectivity index (χ2n) is 10.0. The molecule has 5 rings (SSSR count). The summed E-state index contributed by atoms with van der Waals surface area (Å²) in [6.07, 6.45) is 5.52. The summed E-state index contributed by atoms with van der Waals surface area (Å²) in [7, 11) is 0. The number of hydrogen-bond donors (Lipinski definition) is 3. The zero-order valence-corrected chi connectivity index (χ0v) is 22.7. The second kappa shape index (κ2) is 12.3. The number of carbonyl (C=O) groups excluding carboxylic acids is 3. The lowest BCUT2D eigenvalue weighted by molar-refractivity contribution is -0.137. The fourth-order valence-corrected chi connectivity index (χ4v) is 5.61. The van der Waals surface area contributed by atoms with Gasteiger partial charge >= 0.3 is 5.97 Å². The minimum Gasteiger partial charge on any atom is -0.481 e. The number of aliphatic carboxylic acids is 1. The number of thiophene rings is 1. The SMILES string of the molecule is O=C(O)CC(NC(=O)c1ccc(N2CCN(C(=O)c3cccs3)CC2)c(NC(=O)C2CCC2)c1)c1cccnc1. The third-order valence-corrected chi connectivity index (χ3v) is 8.26. The average molecular weight is 562 g/mol. The third kappa shape index (κ3) is 6.31. The van der Waals surface area contributed by atoms with Crippen molar-refractivity contribution in [2.75, 3.05) is 36.4 Å². The predicted octanol–water partition coefficient (Wildman–Crippen LogP) is 3.79. The average Bonchev–Trinajstić information content (AvgIpc) is 3.47. The predicted molar refractivity (Wildman–Crippen MR) is 152 cm³/mol. The van der Waals surface area contributed by atoms with Gasteiger partial charge in [0.25, 0.3) is 11.8 Å². The molecule has 2 aliphatic rings. The van der Waals surface area contributed by atoms with E-state index in [1.165, 1.54) is 17.5 Å². The molecule has 3 N–H and O–H groups in total. The van der Waals surface area contributed by atoms with E-state index < -0.39 is 17.9 Å². The Labute approximate surface area is 236 Å². The van der Waals surface area contributed by atoms with Gasteiger partial charge in [0.1, 0.15) is 0 Å². The molecule has 3 heterocycles. The van der Waals surface area contributed by atoms with Crippen molar-refractivity contribution in [1.82, 2.24) is 15.2 Å². The van der Waals surface area contributed by atoms with Crippen molar-refractivity contribution in [2.45, 2.75) is 31.7 Å². The molecule has 1 unspecified atom stereocenters. The molecule has 3 amide bonds. The van der Waals surface area contributed by atoms with Gasteiger partial charge in [-0.1, -0.05) is 18.6 Å². The number of amides is 3. The molecule has 208 valence electrons. The zero-order chi connectivity index (χ0) is 28.1. The molecule has 0 bridgehead atoms. The molecular weight excluding hydrogens is 530 g/mol. The van der Waals surface area contributed by atoms with Crippen LogP contribution in [0.2, 0.25) is 0 Å². The Hall–Kier alpha value is -4.25. The van der Waals surface area contributed by atoms with Crippen LogP contribution in [0.25, 0.3) is 0 Å². The Balaban J connectivity index is 1.34.